The Morgan fingerprint density at radius 3 is 1.90 bits per heavy atom. The van der Waals surface area contributed by atoms with Crippen LogP contribution in [0.4, 0.5) is 0 Å². The van der Waals surface area contributed by atoms with Gasteiger partial charge in [-0.25, -0.2) is 0 Å². The van der Waals surface area contributed by atoms with Gasteiger partial charge in [0.1, 0.15) is 0 Å². The van der Waals surface area contributed by atoms with Crippen LogP contribution in [-0.4, -0.2) is 25.0 Å². The minimum absolute atomic E-state index is 0. The standard InChI is InChI=1S/C17H22N2.2ClH/c1-19(15-17-10-6-3-7-11-17)13-12-18-14-16-8-4-2-5-9-16;;/h2-11,18H,12-15H2,1H3;2*1H. The van der Waals surface area contributed by atoms with Gasteiger partial charge in [-0.2, -0.15) is 0 Å². The number of hydrogen-bond donors (Lipinski definition) is 1. The fourth-order valence-electron chi connectivity index (χ4n) is 2.07. The molecular weight excluding hydrogens is 303 g/mol. The lowest BCUT2D eigenvalue weighted by Crippen LogP contribution is -2.28. The zero-order chi connectivity index (χ0) is 13.3. The van der Waals surface area contributed by atoms with Crippen LogP contribution in [0.1, 0.15) is 11.1 Å². The Balaban J connectivity index is 0.00000200. The predicted molar refractivity (Wildman–Crippen MR) is 95.4 cm³/mol. The van der Waals surface area contributed by atoms with Gasteiger partial charge in [0.25, 0.3) is 0 Å². The highest BCUT2D eigenvalue weighted by Crippen LogP contribution is 2.02. The maximum atomic E-state index is 3.48. The Morgan fingerprint density at radius 2 is 1.33 bits per heavy atom. The molecule has 0 aromatic heterocycles. The monoisotopic (exact) mass is 326 g/mol. The van der Waals surface area contributed by atoms with E-state index in [1.165, 1.54) is 11.1 Å². The lowest BCUT2D eigenvalue weighted by Gasteiger charge is -2.17. The smallest absolute Gasteiger partial charge is 0.0231 e. The summed E-state index contributed by atoms with van der Waals surface area (Å²) in [7, 11) is 2.16. The lowest BCUT2D eigenvalue weighted by atomic mass is 10.2. The second-order valence-electron chi connectivity index (χ2n) is 4.89. The Morgan fingerprint density at radius 1 is 0.810 bits per heavy atom. The number of rotatable bonds is 7. The van der Waals surface area contributed by atoms with Gasteiger partial charge in [-0.05, 0) is 18.2 Å². The molecule has 0 heterocycles. The quantitative estimate of drug-likeness (QED) is 0.779. The average Bonchev–Trinajstić information content (AvgIpc) is 2.46. The Bertz CT molecular complexity index is 463. The first-order chi connectivity index (χ1) is 9.34. The normalized spacial score (nSPS) is 9.81. The fraction of sp³-hybridized carbons (Fsp3) is 0.294. The van der Waals surface area contributed by atoms with E-state index in [1.54, 1.807) is 0 Å². The molecule has 21 heavy (non-hydrogen) atoms. The van der Waals surface area contributed by atoms with E-state index in [9.17, 15) is 0 Å². The highest BCUT2D eigenvalue weighted by atomic mass is 35.5. The maximum Gasteiger partial charge on any atom is 0.0231 e. The summed E-state index contributed by atoms with van der Waals surface area (Å²) in [6.45, 7) is 4.02. The van der Waals surface area contributed by atoms with Crippen molar-refractivity contribution >= 4 is 24.8 Å². The number of benzene rings is 2. The number of nitrogens with one attached hydrogen (secondary N) is 1. The summed E-state index contributed by atoms with van der Waals surface area (Å²) in [5, 5.41) is 3.48. The summed E-state index contributed by atoms with van der Waals surface area (Å²) in [4.78, 5) is 2.34. The van der Waals surface area contributed by atoms with Crippen LogP contribution in [0.3, 0.4) is 0 Å². The zero-order valence-corrected chi connectivity index (χ0v) is 14.0. The third-order valence-corrected chi connectivity index (χ3v) is 3.14. The summed E-state index contributed by atoms with van der Waals surface area (Å²) in [5.74, 6) is 0. The molecule has 116 valence electrons. The molecule has 0 radical (unpaired) electrons. The molecule has 2 rings (SSSR count). The number of nitrogens with zero attached hydrogens (tertiary/aromatic N) is 1. The van der Waals surface area contributed by atoms with Crippen molar-refractivity contribution in [1.82, 2.24) is 10.2 Å². The predicted octanol–water partition coefficient (Wildman–Crippen LogP) is 3.75. The highest BCUT2D eigenvalue weighted by molar-refractivity contribution is 5.85. The van der Waals surface area contributed by atoms with Crippen molar-refractivity contribution in [3.63, 3.8) is 0 Å². The van der Waals surface area contributed by atoms with Gasteiger partial charge in [0.2, 0.25) is 0 Å². The first kappa shape index (κ1) is 19.9. The van der Waals surface area contributed by atoms with Crippen LogP contribution in [0.15, 0.2) is 60.7 Å². The molecule has 0 saturated heterocycles. The van der Waals surface area contributed by atoms with E-state index in [0.29, 0.717) is 0 Å². The molecule has 0 aliphatic rings. The van der Waals surface area contributed by atoms with Crippen LogP contribution in [0, 0.1) is 0 Å². The van der Waals surface area contributed by atoms with Gasteiger partial charge < -0.3 is 10.2 Å². The molecule has 1 N–H and O–H groups in total. The highest BCUT2D eigenvalue weighted by Gasteiger charge is 1.99. The van der Waals surface area contributed by atoms with Crippen LogP contribution in [0.25, 0.3) is 0 Å². The van der Waals surface area contributed by atoms with Gasteiger partial charge in [-0.1, -0.05) is 60.7 Å². The number of hydrogen-bond acceptors (Lipinski definition) is 2. The third-order valence-electron chi connectivity index (χ3n) is 3.14. The van der Waals surface area contributed by atoms with E-state index in [-0.39, 0.29) is 24.8 Å². The van der Waals surface area contributed by atoms with E-state index in [4.69, 9.17) is 0 Å². The Hall–Kier alpha value is -1.06. The summed E-state index contributed by atoms with van der Waals surface area (Å²) < 4.78 is 0. The van der Waals surface area contributed by atoms with Crippen LogP contribution >= 0.6 is 24.8 Å². The first-order valence-corrected chi connectivity index (χ1v) is 6.82. The topological polar surface area (TPSA) is 15.3 Å². The molecule has 0 aliphatic heterocycles. The van der Waals surface area contributed by atoms with Gasteiger partial charge in [0.15, 0.2) is 0 Å². The molecule has 0 bridgehead atoms. The van der Waals surface area contributed by atoms with Gasteiger partial charge >= 0.3 is 0 Å². The van der Waals surface area contributed by atoms with Crippen LogP contribution < -0.4 is 5.32 Å². The van der Waals surface area contributed by atoms with E-state index in [2.05, 4.69) is 77.9 Å². The van der Waals surface area contributed by atoms with Gasteiger partial charge in [-0.3, -0.25) is 0 Å². The van der Waals surface area contributed by atoms with Crippen LogP contribution in [0.2, 0.25) is 0 Å². The van der Waals surface area contributed by atoms with Crippen molar-refractivity contribution in [2.75, 3.05) is 20.1 Å². The molecule has 0 atom stereocenters. The molecule has 2 aromatic carbocycles. The molecule has 0 fully saturated rings. The van der Waals surface area contributed by atoms with E-state index >= 15 is 0 Å². The zero-order valence-electron chi connectivity index (χ0n) is 12.4. The summed E-state index contributed by atoms with van der Waals surface area (Å²) >= 11 is 0. The minimum Gasteiger partial charge on any atom is -0.311 e. The molecule has 0 saturated carbocycles. The lowest BCUT2D eigenvalue weighted by molar-refractivity contribution is 0.324. The van der Waals surface area contributed by atoms with Crippen molar-refractivity contribution in [3.05, 3.63) is 71.8 Å². The molecule has 0 unspecified atom stereocenters. The Kier molecular flexibility index (Phi) is 11.0. The summed E-state index contributed by atoms with van der Waals surface area (Å²) in [6.07, 6.45) is 0. The minimum atomic E-state index is 0. The van der Waals surface area contributed by atoms with Crippen molar-refractivity contribution < 1.29 is 0 Å². The van der Waals surface area contributed by atoms with Gasteiger partial charge in [0.05, 0.1) is 0 Å². The molecule has 0 amide bonds. The van der Waals surface area contributed by atoms with E-state index in [0.717, 1.165) is 26.2 Å². The number of likely N-dealkylation sites (N-methyl/N-ethyl adjacent to an activating group) is 1. The van der Waals surface area contributed by atoms with Gasteiger partial charge in [0, 0.05) is 26.2 Å². The summed E-state index contributed by atoms with van der Waals surface area (Å²) in [6, 6.07) is 21.1. The van der Waals surface area contributed by atoms with Crippen molar-refractivity contribution in [1.29, 1.82) is 0 Å². The summed E-state index contributed by atoms with van der Waals surface area (Å²) in [5.41, 5.74) is 2.71. The maximum absolute atomic E-state index is 3.48. The molecule has 4 heteroatoms. The SMILES string of the molecule is CN(CCNCc1ccccc1)Cc1ccccc1.Cl.Cl. The molecular formula is C17H24Cl2N2. The average molecular weight is 327 g/mol. The van der Waals surface area contributed by atoms with Crippen molar-refractivity contribution in [2.24, 2.45) is 0 Å². The fourth-order valence-corrected chi connectivity index (χ4v) is 2.07. The van der Waals surface area contributed by atoms with Crippen LogP contribution in [-0.2, 0) is 13.1 Å². The van der Waals surface area contributed by atoms with E-state index in [1.807, 2.05) is 0 Å². The van der Waals surface area contributed by atoms with Crippen molar-refractivity contribution in [3.8, 4) is 0 Å². The molecule has 0 aliphatic carbocycles. The second kappa shape index (κ2) is 11.6. The first-order valence-electron chi connectivity index (χ1n) is 6.82. The molecule has 2 aromatic rings. The third kappa shape index (κ3) is 8.08. The van der Waals surface area contributed by atoms with Crippen molar-refractivity contribution in [2.45, 2.75) is 13.1 Å². The van der Waals surface area contributed by atoms with Crippen LogP contribution in [0.5, 0.6) is 0 Å². The molecule has 0 spiro atoms. The largest absolute Gasteiger partial charge is 0.311 e. The van der Waals surface area contributed by atoms with E-state index < -0.39 is 0 Å². The second-order valence-corrected chi connectivity index (χ2v) is 4.89. The molecule has 2 nitrogen and oxygen atoms in total. The Labute approximate surface area is 140 Å². The van der Waals surface area contributed by atoms with Gasteiger partial charge in [-0.15, -0.1) is 24.8 Å². The number of halogens is 2.